The molecular formula is C18H22F3N3O4. The highest BCUT2D eigenvalue weighted by Gasteiger charge is 2.41. The number of carbonyl (C=O) groups excluding carboxylic acids is 3. The maximum atomic E-state index is 12.7. The minimum atomic E-state index is -5.04. The first-order valence-corrected chi connectivity index (χ1v) is 8.85. The number of esters is 1. The third-order valence-corrected chi connectivity index (χ3v) is 4.36. The van der Waals surface area contributed by atoms with Gasteiger partial charge in [0.25, 0.3) is 0 Å². The summed E-state index contributed by atoms with van der Waals surface area (Å²) in [6.07, 6.45) is -4.31. The van der Waals surface area contributed by atoms with E-state index in [2.05, 4.69) is 10.1 Å². The highest BCUT2D eigenvalue weighted by molar-refractivity contribution is 6.05. The van der Waals surface area contributed by atoms with Gasteiger partial charge in [-0.15, -0.1) is 0 Å². The Balaban J connectivity index is 1.94. The molecule has 154 valence electrons. The molecular weight excluding hydrogens is 379 g/mol. The highest BCUT2D eigenvalue weighted by atomic mass is 19.4. The second-order valence-corrected chi connectivity index (χ2v) is 6.35. The van der Waals surface area contributed by atoms with Crippen LogP contribution in [0.15, 0.2) is 24.3 Å². The van der Waals surface area contributed by atoms with Crippen LogP contribution in [-0.2, 0) is 25.5 Å². The molecule has 10 heteroatoms. The molecule has 1 aliphatic heterocycles. The molecule has 0 aromatic heterocycles. The van der Waals surface area contributed by atoms with Crippen molar-refractivity contribution in [2.24, 2.45) is 5.73 Å². The fourth-order valence-electron chi connectivity index (χ4n) is 2.87. The quantitative estimate of drug-likeness (QED) is 0.530. The average Bonchev–Trinajstić information content (AvgIpc) is 3.04. The van der Waals surface area contributed by atoms with Gasteiger partial charge in [-0.2, -0.15) is 13.2 Å². The lowest BCUT2D eigenvalue weighted by molar-refractivity contribution is -0.199. The minimum Gasteiger partial charge on any atom is -0.459 e. The predicted molar refractivity (Wildman–Crippen MR) is 94.3 cm³/mol. The van der Waals surface area contributed by atoms with Gasteiger partial charge in [-0.05, 0) is 24.5 Å². The molecule has 28 heavy (non-hydrogen) atoms. The van der Waals surface area contributed by atoms with Crippen molar-refractivity contribution in [3.05, 3.63) is 29.8 Å². The van der Waals surface area contributed by atoms with Gasteiger partial charge >= 0.3 is 12.1 Å². The van der Waals surface area contributed by atoms with Crippen molar-refractivity contribution in [1.29, 1.82) is 0 Å². The lowest BCUT2D eigenvalue weighted by Gasteiger charge is -2.27. The topological polar surface area (TPSA) is 102 Å². The maximum Gasteiger partial charge on any atom is 0.490 e. The molecule has 0 fully saturated rings. The second-order valence-electron chi connectivity index (χ2n) is 6.35. The van der Waals surface area contributed by atoms with Crippen molar-refractivity contribution in [3.63, 3.8) is 0 Å². The average molecular weight is 401 g/mol. The van der Waals surface area contributed by atoms with Crippen LogP contribution >= 0.6 is 0 Å². The van der Waals surface area contributed by atoms with E-state index in [1.54, 1.807) is 25.1 Å². The summed E-state index contributed by atoms with van der Waals surface area (Å²) >= 11 is 0. The number of nitrogens with two attached hydrogens (primary N) is 1. The number of para-hydroxylation sites is 1. The van der Waals surface area contributed by atoms with Crippen LogP contribution in [-0.4, -0.2) is 49.2 Å². The third-order valence-electron chi connectivity index (χ3n) is 4.36. The van der Waals surface area contributed by atoms with Gasteiger partial charge < -0.3 is 15.8 Å². The molecule has 2 rings (SSSR count). The number of alkyl halides is 3. The predicted octanol–water partition coefficient (Wildman–Crippen LogP) is 1.29. The van der Waals surface area contributed by atoms with Gasteiger partial charge in [-0.3, -0.25) is 14.5 Å². The van der Waals surface area contributed by atoms with Crippen molar-refractivity contribution in [2.75, 3.05) is 18.1 Å². The number of hydrogen-bond acceptors (Lipinski definition) is 5. The van der Waals surface area contributed by atoms with Gasteiger partial charge in [0.1, 0.15) is 6.04 Å². The Bertz CT molecular complexity index is 739. The molecule has 1 aliphatic rings. The Hall–Kier alpha value is -2.62. The molecule has 7 nitrogen and oxygen atoms in total. The number of anilines is 1. The number of benzene rings is 1. The summed E-state index contributed by atoms with van der Waals surface area (Å²) in [6, 6.07) is 5.57. The molecule has 1 aromatic rings. The standard InChI is InChI=1S/C18H22F3N3O4/c1-2-12(22)16(26)24-13-7-4-3-6-11(13)10-14(24)15(25)23-8-5-9-28-17(27)18(19,20)21/h3-4,6-7,12,14H,2,5,8-10,22H2,1H3,(H,23,25)/t12-,14-/m0/s1. The van der Waals surface area contributed by atoms with E-state index in [1.165, 1.54) is 4.90 Å². The van der Waals surface area contributed by atoms with Gasteiger partial charge in [-0.25, -0.2) is 4.79 Å². The summed E-state index contributed by atoms with van der Waals surface area (Å²) < 4.78 is 40.2. The Labute approximate surface area is 160 Å². The fourth-order valence-corrected chi connectivity index (χ4v) is 2.87. The summed E-state index contributed by atoms with van der Waals surface area (Å²) in [5.74, 6) is -3.09. The lowest BCUT2D eigenvalue weighted by atomic mass is 10.1. The minimum absolute atomic E-state index is 0.00131. The van der Waals surface area contributed by atoms with Crippen LogP contribution in [0.4, 0.5) is 18.9 Å². The molecule has 0 radical (unpaired) electrons. The molecule has 1 aromatic carbocycles. The SMILES string of the molecule is CC[C@H](N)C(=O)N1c2ccccc2C[C@H]1C(=O)NCCCOC(=O)C(F)(F)F. The molecule has 0 spiro atoms. The van der Waals surface area contributed by atoms with Crippen molar-refractivity contribution in [2.45, 2.75) is 44.4 Å². The lowest BCUT2D eigenvalue weighted by Crippen LogP contribution is -2.53. The van der Waals surface area contributed by atoms with Crippen LogP contribution in [0.1, 0.15) is 25.3 Å². The molecule has 3 N–H and O–H groups in total. The molecule has 2 atom stereocenters. The van der Waals surface area contributed by atoms with E-state index < -0.39 is 36.7 Å². The molecule has 1 heterocycles. The smallest absolute Gasteiger partial charge is 0.459 e. The number of nitrogens with zero attached hydrogens (tertiary/aromatic N) is 1. The van der Waals surface area contributed by atoms with E-state index in [9.17, 15) is 27.6 Å². The van der Waals surface area contributed by atoms with Gasteiger partial charge in [-0.1, -0.05) is 25.1 Å². The first-order valence-electron chi connectivity index (χ1n) is 8.85. The first-order chi connectivity index (χ1) is 13.2. The number of carbonyl (C=O) groups is 3. The molecule has 0 saturated carbocycles. The number of rotatable bonds is 7. The molecule has 0 saturated heterocycles. The van der Waals surface area contributed by atoms with Crippen molar-refractivity contribution in [1.82, 2.24) is 5.32 Å². The summed E-state index contributed by atoms with van der Waals surface area (Å²) in [6.45, 7) is 1.29. The molecule has 2 amide bonds. The van der Waals surface area contributed by atoms with Gasteiger partial charge in [0.05, 0.1) is 12.6 Å². The Morgan fingerprint density at radius 1 is 1.32 bits per heavy atom. The molecule has 0 unspecified atom stereocenters. The fraction of sp³-hybridized carbons (Fsp3) is 0.500. The van der Waals surface area contributed by atoms with E-state index in [1.807, 2.05) is 6.07 Å². The molecule has 0 bridgehead atoms. The number of ether oxygens (including phenoxy) is 1. The van der Waals surface area contributed by atoms with Crippen molar-refractivity contribution in [3.8, 4) is 0 Å². The number of nitrogens with one attached hydrogen (secondary N) is 1. The number of amides is 2. The van der Waals surface area contributed by atoms with Crippen molar-refractivity contribution >= 4 is 23.5 Å². The maximum absolute atomic E-state index is 12.7. The number of halogens is 3. The van der Waals surface area contributed by atoms with E-state index in [0.29, 0.717) is 18.5 Å². The summed E-state index contributed by atoms with van der Waals surface area (Å²) in [7, 11) is 0. The summed E-state index contributed by atoms with van der Waals surface area (Å²) in [5, 5.41) is 2.57. The number of hydrogen-bond donors (Lipinski definition) is 2. The second kappa shape index (κ2) is 9.05. The Morgan fingerprint density at radius 3 is 2.64 bits per heavy atom. The zero-order chi connectivity index (χ0) is 20.9. The van der Waals surface area contributed by atoms with Crippen LogP contribution < -0.4 is 16.0 Å². The van der Waals surface area contributed by atoms with E-state index in [-0.39, 0.29) is 18.9 Å². The Morgan fingerprint density at radius 2 is 2.00 bits per heavy atom. The van der Waals surface area contributed by atoms with Crippen LogP contribution in [0.25, 0.3) is 0 Å². The van der Waals surface area contributed by atoms with Gasteiger partial charge in [0.2, 0.25) is 11.8 Å². The van der Waals surface area contributed by atoms with E-state index >= 15 is 0 Å². The normalized spacial score (nSPS) is 17.0. The zero-order valence-electron chi connectivity index (χ0n) is 15.3. The van der Waals surface area contributed by atoms with Crippen LogP contribution in [0.5, 0.6) is 0 Å². The zero-order valence-corrected chi connectivity index (χ0v) is 15.3. The van der Waals surface area contributed by atoms with Crippen molar-refractivity contribution < 1.29 is 32.3 Å². The van der Waals surface area contributed by atoms with E-state index in [4.69, 9.17) is 5.73 Å². The van der Waals surface area contributed by atoms with Gasteiger partial charge in [0, 0.05) is 18.7 Å². The number of fused-ring (bicyclic) bond motifs is 1. The van der Waals surface area contributed by atoms with E-state index in [0.717, 1.165) is 5.56 Å². The monoisotopic (exact) mass is 401 g/mol. The van der Waals surface area contributed by atoms with Crippen LogP contribution in [0, 0.1) is 0 Å². The molecule has 0 aliphatic carbocycles. The largest absolute Gasteiger partial charge is 0.490 e. The highest BCUT2D eigenvalue weighted by Crippen LogP contribution is 2.32. The third kappa shape index (κ3) is 5.00. The van der Waals surface area contributed by atoms with Crippen LogP contribution in [0.2, 0.25) is 0 Å². The first kappa shape index (κ1) is 21.7. The van der Waals surface area contributed by atoms with Crippen LogP contribution in [0.3, 0.4) is 0 Å². The summed E-state index contributed by atoms with van der Waals surface area (Å²) in [5.41, 5.74) is 7.31. The van der Waals surface area contributed by atoms with Gasteiger partial charge in [0.15, 0.2) is 0 Å². The Kier molecular flexibility index (Phi) is 7.00. The summed E-state index contributed by atoms with van der Waals surface area (Å²) in [4.78, 5) is 37.2.